The van der Waals surface area contributed by atoms with Gasteiger partial charge in [0, 0.05) is 27.3 Å². The summed E-state index contributed by atoms with van der Waals surface area (Å²) in [6.07, 6.45) is 0. The number of nitrogens with zero attached hydrogens (tertiary/aromatic N) is 10. The van der Waals surface area contributed by atoms with Gasteiger partial charge in [0.25, 0.3) is 0 Å². The third-order valence-electron chi connectivity index (χ3n) is 15.3. The van der Waals surface area contributed by atoms with E-state index in [9.17, 15) is 0 Å². The molecule has 1 aliphatic rings. The molecule has 0 unspecified atom stereocenters. The van der Waals surface area contributed by atoms with E-state index in [0.29, 0.717) is 0 Å². The maximum Gasteiger partial charge on any atom is 0.223 e. The van der Waals surface area contributed by atoms with Crippen LogP contribution in [0.4, 0.5) is 0 Å². The van der Waals surface area contributed by atoms with Crippen molar-refractivity contribution in [3.63, 3.8) is 0 Å². The Hall–Kier alpha value is -8.96. The molecule has 0 saturated carbocycles. The predicted octanol–water partition coefficient (Wildman–Crippen LogP) is 12.5. The second-order valence-electron chi connectivity index (χ2n) is 18.8. The number of benzene rings is 8. The number of para-hydroxylation sites is 8. The van der Waals surface area contributed by atoms with Crippen LogP contribution in [0, 0.1) is 0 Å². The summed E-state index contributed by atoms with van der Waals surface area (Å²) in [4.78, 5) is 21.3. The lowest BCUT2D eigenvalue weighted by Gasteiger charge is -2.22. The Morgan fingerprint density at radius 1 is 0.409 bits per heavy atom. The first-order valence-corrected chi connectivity index (χ1v) is 22.4. The van der Waals surface area contributed by atoms with Gasteiger partial charge >= 0.3 is 0 Å². The molecule has 0 saturated heterocycles. The zero-order valence-corrected chi connectivity index (χ0v) is 35.2. The maximum absolute atomic E-state index is 6.79. The van der Waals surface area contributed by atoms with Crippen molar-refractivity contribution in [3.05, 3.63) is 157 Å². The molecule has 0 aliphatic heterocycles. The number of fused-ring (bicyclic) bond motifs is 28. The van der Waals surface area contributed by atoms with Crippen LogP contribution in [-0.2, 0) is 5.41 Å². The third-order valence-corrected chi connectivity index (χ3v) is 15.3. The van der Waals surface area contributed by atoms with E-state index in [-0.39, 0.29) is 5.41 Å². The molecule has 18 rings (SSSR count). The molecule has 9 aromatic heterocycles. The number of hydrogen-bond acceptors (Lipinski definition) is 5. The van der Waals surface area contributed by atoms with Gasteiger partial charge in [0.15, 0.2) is 5.58 Å². The van der Waals surface area contributed by atoms with Crippen LogP contribution in [0.3, 0.4) is 0 Å². The lowest BCUT2D eigenvalue weighted by atomic mass is 9.81. The Labute approximate surface area is 369 Å². The van der Waals surface area contributed by atoms with Gasteiger partial charge in [-0.25, -0.2) is 28.7 Å². The number of hydrogen-bond donors (Lipinski definition) is 0. The van der Waals surface area contributed by atoms with Crippen molar-refractivity contribution in [3.8, 4) is 22.3 Å². The Kier molecular flexibility index (Phi) is 5.13. The monoisotopic (exact) mass is 846 g/mol. The van der Waals surface area contributed by atoms with Crippen molar-refractivity contribution in [2.75, 3.05) is 0 Å². The van der Waals surface area contributed by atoms with Crippen LogP contribution >= 0.6 is 0 Å². The van der Waals surface area contributed by atoms with E-state index in [1.54, 1.807) is 0 Å². The van der Waals surface area contributed by atoms with Crippen LogP contribution in [0.5, 0.6) is 0 Å². The van der Waals surface area contributed by atoms with Crippen molar-refractivity contribution in [2.45, 2.75) is 19.3 Å². The summed E-state index contributed by atoms with van der Waals surface area (Å²) in [6.45, 7) is 4.75. The van der Waals surface area contributed by atoms with E-state index < -0.39 is 0 Å². The summed E-state index contributed by atoms with van der Waals surface area (Å²) in [5.41, 5.74) is 23.3. The lowest BCUT2D eigenvalue weighted by molar-refractivity contribution is 0.661. The van der Waals surface area contributed by atoms with Crippen molar-refractivity contribution < 1.29 is 4.42 Å². The van der Waals surface area contributed by atoms with Crippen LogP contribution in [0.25, 0.3) is 145 Å². The van der Waals surface area contributed by atoms with Crippen molar-refractivity contribution in [1.82, 2.24) is 46.3 Å². The lowest BCUT2D eigenvalue weighted by Crippen LogP contribution is -2.15. The van der Waals surface area contributed by atoms with Crippen molar-refractivity contribution in [2.24, 2.45) is 0 Å². The predicted molar refractivity (Wildman–Crippen MR) is 261 cm³/mol. The molecule has 306 valence electrons. The highest BCUT2D eigenvalue weighted by atomic mass is 16.3. The van der Waals surface area contributed by atoms with E-state index in [2.05, 4.69) is 180 Å². The fraction of sp³-hybridized carbons (Fsp3) is 0.0545. The molecule has 11 nitrogen and oxygen atoms in total. The molecule has 11 heteroatoms. The summed E-state index contributed by atoms with van der Waals surface area (Å²) in [7, 11) is 0. The first-order chi connectivity index (χ1) is 32.5. The molecule has 17 aromatic rings. The Morgan fingerprint density at radius 2 is 0.985 bits per heavy atom. The summed E-state index contributed by atoms with van der Waals surface area (Å²) < 4.78 is 20.6. The van der Waals surface area contributed by atoms with E-state index in [4.69, 9.17) is 24.4 Å². The molecule has 9 heterocycles. The van der Waals surface area contributed by atoms with E-state index in [1.807, 2.05) is 6.07 Å². The highest BCUT2D eigenvalue weighted by Gasteiger charge is 2.40. The van der Waals surface area contributed by atoms with Gasteiger partial charge in [-0.2, -0.15) is 0 Å². The highest BCUT2D eigenvalue weighted by molar-refractivity contribution is 6.21. The van der Waals surface area contributed by atoms with Gasteiger partial charge in [0.2, 0.25) is 23.1 Å². The smallest absolute Gasteiger partial charge is 0.223 e. The van der Waals surface area contributed by atoms with Crippen LogP contribution in [0.15, 0.2) is 150 Å². The van der Waals surface area contributed by atoms with Gasteiger partial charge in [-0.15, -0.1) is 0 Å². The molecule has 0 N–H and O–H groups in total. The minimum absolute atomic E-state index is 0.337. The minimum Gasteiger partial charge on any atom is -0.454 e. The number of imidazole rings is 8. The molecule has 0 amide bonds. The second kappa shape index (κ2) is 10.4. The van der Waals surface area contributed by atoms with Gasteiger partial charge in [-0.1, -0.05) is 92.7 Å². The molecule has 0 fully saturated rings. The highest BCUT2D eigenvalue weighted by Crippen LogP contribution is 2.55. The molecule has 8 aromatic carbocycles. The summed E-state index contributed by atoms with van der Waals surface area (Å²) in [5.74, 6) is 3.39. The fourth-order valence-corrected chi connectivity index (χ4v) is 12.5. The number of furan rings is 1. The van der Waals surface area contributed by atoms with E-state index in [1.165, 1.54) is 27.8 Å². The fourth-order valence-electron chi connectivity index (χ4n) is 12.5. The zero-order chi connectivity index (χ0) is 42.6. The van der Waals surface area contributed by atoms with Gasteiger partial charge in [-0.3, -0.25) is 17.6 Å². The number of aromatic nitrogens is 10. The molecular formula is C55H30N10O. The summed E-state index contributed by atoms with van der Waals surface area (Å²) in [5, 5.41) is 2.16. The van der Waals surface area contributed by atoms with Crippen LogP contribution in [-0.4, -0.2) is 46.3 Å². The summed E-state index contributed by atoms with van der Waals surface area (Å²) in [6, 6.07) is 51.9. The molecular weight excluding hydrogens is 817 g/mol. The summed E-state index contributed by atoms with van der Waals surface area (Å²) >= 11 is 0. The minimum atomic E-state index is -0.337. The van der Waals surface area contributed by atoms with Crippen LogP contribution in [0.1, 0.15) is 25.0 Å². The van der Waals surface area contributed by atoms with E-state index in [0.717, 1.165) is 128 Å². The Bertz CT molecular complexity index is 5100. The van der Waals surface area contributed by atoms with Crippen LogP contribution in [0.2, 0.25) is 0 Å². The molecule has 0 spiro atoms. The normalized spacial score (nSPS) is 14.3. The Morgan fingerprint density at radius 3 is 1.71 bits per heavy atom. The number of rotatable bonds is 1. The SMILES string of the molecule is CC1(C)c2cc(-c3cccc4c3nc3n4c4c5oc6ccccc6c5cc5c4n3c3nc4ccccc4n53)ccc2-c2c1cc1c3c2n2c4ccccc4nc2n3c2nc3ccccc3n12. The molecule has 0 bridgehead atoms. The van der Waals surface area contributed by atoms with Gasteiger partial charge < -0.3 is 4.42 Å². The molecule has 0 radical (unpaired) electrons. The van der Waals surface area contributed by atoms with Crippen molar-refractivity contribution in [1.29, 1.82) is 0 Å². The van der Waals surface area contributed by atoms with Gasteiger partial charge in [0.1, 0.15) is 22.1 Å². The largest absolute Gasteiger partial charge is 0.454 e. The maximum atomic E-state index is 6.79. The quantitative estimate of drug-likeness (QED) is 0.164. The molecule has 0 atom stereocenters. The first kappa shape index (κ1) is 32.7. The third kappa shape index (κ3) is 3.38. The van der Waals surface area contributed by atoms with Crippen molar-refractivity contribution >= 4 is 122 Å². The average Bonchev–Trinajstić information content (AvgIpc) is 4.21. The van der Waals surface area contributed by atoms with Gasteiger partial charge in [-0.05, 0) is 89.0 Å². The first-order valence-electron chi connectivity index (χ1n) is 22.4. The molecule has 66 heavy (non-hydrogen) atoms. The van der Waals surface area contributed by atoms with E-state index >= 15 is 0 Å². The Balaban J connectivity index is 0.931. The van der Waals surface area contributed by atoms with Crippen LogP contribution < -0.4 is 0 Å². The average molecular weight is 847 g/mol. The molecule has 1 aliphatic carbocycles. The van der Waals surface area contributed by atoms with Gasteiger partial charge in [0.05, 0.1) is 60.7 Å². The second-order valence-corrected chi connectivity index (χ2v) is 18.8. The topological polar surface area (TPSA) is 91.2 Å². The zero-order valence-electron chi connectivity index (χ0n) is 35.2. The standard InChI is InChI=1S/C55H30N10O/c1-55(2)32-24-27(22-23-30(32)44-33(55)26-42-46-48(44)62-39-19-9-6-16-36(39)58-53(62)64(46)52-57-35-15-5-8-18-38(35)61(42)52)28-13-11-20-40-45(28)59-54-63(40)49-47-41(25-31-29-12-3-10-21-43(29)66-50(31)49)60-37-17-7-4-14-34(37)56-51(60)65(47)54/h3-26H,1-2H3.